The van der Waals surface area contributed by atoms with Crippen molar-refractivity contribution in [3.05, 3.63) is 10.1 Å². The third-order valence-electron chi connectivity index (χ3n) is 6.66. The molecule has 0 radical (unpaired) electrons. The van der Waals surface area contributed by atoms with Gasteiger partial charge in [0, 0.05) is 11.8 Å². The Morgan fingerprint density at radius 2 is 1.89 bits per heavy atom. The van der Waals surface area contributed by atoms with E-state index in [1.54, 1.807) is 0 Å². The van der Waals surface area contributed by atoms with Gasteiger partial charge in [-0.1, -0.05) is 0 Å². The van der Waals surface area contributed by atoms with Crippen LogP contribution in [0.25, 0.3) is 0 Å². The van der Waals surface area contributed by atoms with Crippen LogP contribution in [0.1, 0.15) is 32.1 Å². The number of hydrogen-bond acceptors (Lipinski definition) is 8. The number of alkyl halides is 2. The minimum Gasteiger partial charge on any atom is -0.461 e. The van der Waals surface area contributed by atoms with E-state index in [2.05, 4.69) is 0 Å². The number of nitro groups is 1. The van der Waals surface area contributed by atoms with Crippen molar-refractivity contribution in [2.75, 3.05) is 6.61 Å². The lowest BCUT2D eigenvalue weighted by atomic mass is 9.51. The van der Waals surface area contributed by atoms with E-state index in [0.29, 0.717) is 19.3 Å². The molecule has 0 aromatic heterocycles. The van der Waals surface area contributed by atoms with Gasteiger partial charge in [0.2, 0.25) is 0 Å². The molecule has 0 amide bonds. The molecule has 0 aromatic rings. The summed E-state index contributed by atoms with van der Waals surface area (Å²) in [5.74, 6) is -3.95. The molecule has 6 fully saturated rings. The van der Waals surface area contributed by atoms with Crippen molar-refractivity contribution in [3.63, 3.8) is 0 Å². The highest BCUT2D eigenvalue weighted by atomic mass is 19.3. The molecule has 11 heteroatoms. The second-order valence-corrected chi connectivity index (χ2v) is 8.26. The van der Waals surface area contributed by atoms with Crippen LogP contribution in [0.15, 0.2) is 0 Å². The topological polar surface area (TPSA) is 114 Å². The number of hydrogen-bond donors (Lipinski definition) is 0. The Kier molecular flexibility index (Phi) is 3.28. The standard InChI is InChI=1S/C16H17F2NO8/c17-16(18,19(22)23)13(21)27-14-3-7-1-8(4-14)15(9(2-7)5-14)25-10-6-24-12(20)11(10)26-15/h7-11H,1-6H2. The van der Waals surface area contributed by atoms with Crippen molar-refractivity contribution in [3.8, 4) is 0 Å². The molecule has 0 aromatic carbocycles. The van der Waals surface area contributed by atoms with Crippen molar-refractivity contribution >= 4 is 11.9 Å². The van der Waals surface area contributed by atoms with Crippen LogP contribution in [0.4, 0.5) is 8.78 Å². The van der Waals surface area contributed by atoms with E-state index in [4.69, 9.17) is 18.9 Å². The average molecular weight is 389 g/mol. The van der Waals surface area contributed by atoms with Gasteiger partial charge in [-0.2, -0.15) is 0 Å². The van der Waals surface area contributed by atoms with Crippen LogP contribution in [0.5, 0.6) is 0 Å². The lowest BCUT2D eigenvalue weighted by Crippen LogP contribution is -2.66. The monoisotopic (exact) mass is 389 g/mol. The molecule has 148 valence electrons. The minimum atomic E-state index is -4.78. The summed E-state index contributed by atoms with van der Waals surface area (Å²) in [7, 11) is 0. The summed E-state index contributed by atoms with van der Waals surface area (Å²) in [4.78, 5) is 32.1. The quantitative estimate of drug-likeness (QED) is 0.304. The smallest absolute Gasteiger partial charge is 0.461 e. The van der Waals surface area contributed by atoms with Gasteiger partial charge in [-0.05, 0) is 38.0 Å². The molecule has 4 unspecified atom stereocenters. The number of carbonyl (C=O) groups excluding carboxylic acids is 2. The van der Waals surface area contributed by atoms with E-state index in [1.165, 1.54) is 0 Å². The molecule has 2 saturated heterocycles. The number of cyclic esters (lactones) is 1. The largest absolute Gasteiger partial charge is 0.613 e. The number of esters is 2. The Balaban J connectivity index is 1.39. The molecule has 6 rings (SSSR count). The van der Waals surface area contributed by atoms with Gasteiger partial charge in [-0.15, -0.1) is 8.78 Å². The van der Waals surface area contributed by atoms with Crippen LogP contribution in [0.3, 0.4) is 0 Å². The summed E-state index contributed by atoms with van der Waals surface area (Å²) in [5.41, 5.74) is -1.18. The maximum absolute atomic E-state index is 13.4. The van der Waals surface area contributed by atoms with Crippen LogP contribution in [0.2, 0.25) is 0 Å². The second kappa shape index (κ2) is 5.13. The Hall–Kier alpha value is -1.88. The highest BCUT2D eigenvalue weighted by Crippen LogP contribution is 2.64. The fourth-order valence-electron chi connectivity index (χ4n) is 5.87. The number of halogens is 2. The third kappa shape index (κ3) is 2.21. The molecule has 9 nitrogen and oxygen atoms in total. The highest BCUT2D eigenvalue weighted by Gasteiger charge is 2.71. The van der Waals surface area contributed by atoms with Crippen LogP contribution in [-0.2, 0) is 28.5 Å². The average Bonchev–Trinajstić information content (AvgIpc) is 3.12. The van der Waals surface area contributed by atoms with Crippen molar-refractivity contribution in [2.45, 2.75) is 61.7 Å². The number of rotatable bonds is 3. The normalized spacial score (nSPS) is 47.2. The molecular weight excluding hydrogens is 372 g/mol. The van der Waals surface area contributed by atoms with E-state index in [9.17, 15) is 28.5 Å². The minimum absolute atomic E-state index is 0.114. The van der Waals surface area contributed by atoms with Gasteiger partial charge in [0.15, 0.2) is 11.9 Å². The molecule has 4 aliphatic carbocycles. The molecular formula is C16H17F2NO8. The third-order valence-corrected chi connectivity index (χ3v) is 6.66. The first-order valence-corrected chi connectivity index (χ1v) is 8.93. The summed E-state index contributed by atoms with van der Waals surface area (Å²) < 4.78 is 49.0. The Morgan fingerprint density at radius 3 is 2.48 bits per heavy atom. The predicted molar refractivity (Wildman–Crippen MR) is 77.8 cm³/mol. The van der Waals surface area contributed by atoms with Gasteiger partial charge in [-0.3, -0.25) is 10.1 Å². The molecule has 2 aliphatic heterocycles. The lowest BCUT2D eigenvalue weighted by Gasteiger charge is -2.62. The number of nitrogens with zero attached hydrogens (tertiary/aromatic N) is 1. The summed E-state index contributed by atoms with van der Waals surface area (Å²) >= 11 is 0. The van der Waals surface area contributed by atoms with Crippen LogP contribution < -0.4 is 0 Å². The van der Waals surface area contributed by atoms with Crippen LogP contribution in [-0.4, -0.2) is 53.1 Å². The van der Waals surface area contributed by atoms with Gasteiger partial charge >= 0.3 is 18.0 Å². The van der Waals surface area contributed by atoms with Gasteiger partial charge in [0.25, 0.3) is 0 Å². The molecule has 6 aliphatic rings. The number of carbonyl (C=O) groups is 2. The zero-order chi connectivity index (χ0) is 19.2. The molecule has 2 heterocycles. The summed E-state index contributed by atoms with van der Waals surface area (Å²) in [6.07, 6.45) is 0.950. The zero-order valence-electron chi connectivity index (χ0n) is 14.1. The first-order valence-electron chi connectivity index (χ1n) is 8.93. The molecule has 1 spiro atoms. The van der Waals surface area contributed by atoms with E-state index in [0.717, 1.165) is 0 Å². The van der Waals surface area contributed by atoms with E-state index >= 15 is 0 Å². The molecule has 27 heavy (non-hydrogen) atoms. The van der Waals surface area contributed by atoms with Crippen molar-refractivity contribution in [2.24, 2.45) is 17.8 Å². The first-order chi connectivity index (χ1) is 12.7. The molecule has 0 N–H and O–H groups in total. The number of ether oxygens (including phenoxy) is 4. The first kappa shape index (κ1) is 17.2. The SMILES string of the molecule is O=C1OCC2OC3(OC12)C1CC2CC3CC(OC(=O)C(F)(F)[N+](=O)[O-])(C2)C1. The predicted octanol–water partition coefficient (Wildman–Crippen LogP) is 1.01. The molecule has 4 atom stereocenters. The van der Waals surface area contributed by atoms with Gasteiger partial charge in [0.05, 0.1) is 0 Å². The summed E-state index contributed by atoms with van der Waals surface area (Å²) in [5, 5.41) is 10.5. The van der Waals surface area contributed by atoms with Gasteiger partial charge in [-0.25, -0.2) is 9.59 Å². The van der Waals surface area contributed by atoms with Crippen LogP contribution in [0, 0.1) is 27.9 Å². The molecule has 4 bridgehead atoms. The van der Waals surface area contributed by atoms with Gasteiger partial charge < -0.3 is 18.9 Å². The van der Waals surface area contributed by atoms with E-state index in [-0.39, 0.29) is 37.2 Å². The van der Waals surface area contributed by atoms with Crippen molar-refractivity contribution in [1.29, 1.82) is 0 Å². The second-order valence-electron chi connectivity index (χ2n) is 8.26. The lowest BCUT2D eigenvalue weighted by molar-refractivity contribution is -0.626. The van der Waals surface area contributed by atoms with Crippen molar-refractivity contribution < 1.29 is 42.2 Å². The maximum atomic E-state index is 13.4. The van der Waals surface area contributed by atoms with Gasteiger partial charge in [0.1, 0.15) is 23.2 Å². The fourth-order valence-corrected chi connectivity index (χ4v) is 5.87. The Labute approximate surface area is 151 Å². The number of fused-ring (bicyclic) bond motifs is 1. The summed E-state index contributed by atoms with van der Waals surface area (Å²) in [6.45, 7) is 0.114. The van der Waals surface area contributed by atoms with Crippen molar-refractivity contribution in [1.82, 2.24) is 0 Å². The summed E-state index contributed by atoms with van der Waals surface area (Å²) in [6, 6.07) is -4.78. The fraction of sp³-hybridized carbons (Fsp3) is 0.875. The van der Waals surface area contributed by atoms with E-state index in [1.807, 2.05) is 0 Å². The zero-order valence-corrected chi connectivity index (χ0v) is 14.1. The van der Waals surface area contributed by atoms with E-state index < -0.39 is 46.5 Å². The maximum Gasteiger partial charge on any atom is 0.613 e. The Bertz CT molecular complexity index is 726. The molecule has 4 saturated carbocycles. The van der Waals surface area contributed by atoms with Crippen LogP contribution >= 0.6 is 0 Å². The highest BCUT2D eigenvalue weighted by molar-refractivity contribution is 5.78. The Morgan fingerprint density at radius 1 is 1.22 bits per heavy atom.